The van der Waals surface area contributed by atoms with Crippen molar-refractivity contribution in [1.82, 2.24) is 10.6 Å². The van der Waals surface area contributed by atoms with E-state index in [0.29, 0.717) is 6.54 Å². The molecule has 0 aliphatic rings. The smallest absolute Gasteiger partial charge is 0.315 e. The molecule has 17 heavy (non-hydrogen) atoms. The highest BCUT2D eigenvalue weighted by Crippen LogP contribution is 2.15. The van der Waals surface area contributed by atoms with Gasteiger partial charge in [-0.25, -0.2) is 4.79 Å². The first kappa shape index (κ1) is 13.3. The van der Waals surface area contributed by atoms with E-state index < -0.39 is 6.10 Å². The van der Waals surface area contributed by atoms with Crippen molar-refractivity contribution >= 4 is 6.03 Å². The average molecular weight is 234 g/mol. The Labute approximate surface area is 101 Å². The molecular formula is C13H18N2O2. The zero-order chi connectivity index (χ0) is 12.7. The van der Waals surface area contributed by atoms with Crippen molar-refractivity contribution in [2.75, 3.05) is 13.1 Å². The molecule has 2 amide bonds. The summed E-state index contributed by atoms with van der Waals surface area (Å²) in [5.41, 5.74) is 1.84. The van der Waals surface area contributed by atoms with Gasteiger partial charge in [-0.15, -0.1) is 6.58 Å². The van der Waals surface area contributed by atoms with Crippen LogP contribution in [0, 0.1) is 6.92 Å². The number of aliphatic hydroxyl groups is 1. The molecule has 1 rings (SSSR count). The van der Waals surface area contributed by atoms with Gasteiger partial charge in [0.2, 0.25) is 0 Å². The van der Waals surface area contributed by atoms with Crippen molar-refractivity contribution < 1.29 is 9.90 Å². The standard InChI is InChI=1S/C13H18N2O2/c1-3-8-14-13(17)15-9-12(16)11-7-5-4-6-10(11)2/h3-7,12,16H,1,8-9H2,2H3,(H2,14,15,17). The molecule has 92 valence electrons. The maximum atomic E-state index is 11.2. The Morgan fingerprint density at radius 3 is 2.82 bits per heavy atom. The van der Waals surface area contributed by atoms with Crippen LogP contribution in [0.25, 0.3) is 0 Å². The molecule has 4 heteroatoms. The van der Waals surface area contributed by atoms with Gasteiger partial charge in [-0.05, 0) is 18.1 Å². The molecule has 1 unspecified atom stereocenters. The van der Waals surface area contributed by atoms with Crippen LogP contribution < -0.4 is 10.6 Å². The van der Waals surface area contributed by atoms with E-state index in [1.54, 1.807) is 6.08 Å². The van der Waals surface area contributed by atoms with Crippen LogP contribution in [0.3, 0.4) is 0 Å². The number of amides is 2. The topological polar surface area (TPSA) is 61.4 Å². The molecule has 4 nitrogen and oxygen atoms in total. The lowest BCUT2D eigenvalue weighted by molar-refractivity contribution is 0.172. The van der Waals surface area contributed by atoms with Gasteiger partial charge in [-0.3, -0.25) is 0 Å². The van der Waals surface area contributed by atoms with Crippen LogP contribution in [0.1, 0.15) is 17.2 Å². The molecule has 0 saturated carbocycles. The lowest BCUT2D eigenvalue weighted by atomic mass is 10.0. The number of carbonyl (C=O) groups excluding carboxylic acids is 1. The molecule has 0 spiro atoms. The lowest BCUT2D eigenvalue weighted by Crippen LogP contribution is -2.37. The number of hydrogen-bond acceptors (Lipinski definition) is 2. The molecular weight excluding hydrogens is 216 g/mol. The highest BCUT2D eigenvalue weighted by molar-refractivity contribution is 5.73. The number of rotatable bonds is 5. The van der Waals surface area contributed by atoms with Gasteiger partial charge in [0.1, 0.15) is 0 Å². The maximum Gasteiger partial charge on any atom is 0.315 e. The van der Waals surface area contributed by atoms with Gasteiger partial charge in [-0.2, -0.15) is 0 Å². The summed E-state index contributed by atoms with van der Waals surface area (Å²) in [6, 6.07) is 7.25. The lowest BCUT2D eigenvalue weighted by Gasteiger charge is -2.14. The zero-order valence-electron chi connectivity index (χ0n) is 9.94. The fraction of sp³-hybridized carbons (Fsp3) is 0.308. The van der Waals surface area contributed by atoms with Crippen LogP contribution in [0.2, 0.25) is 0 Å². The van der Waals surface area contributed by atoms with Crippen molar-refractivity contribution in [1.29, 1.82) is 0 Å². The minimum absolute atomic E-state index is 0.188. The first-order chi connectivity index (χ1) is 8.15. The van der Waals surface area contributed by atoms with E-state index in [0.717, 1.165) is 11.1 Å². The fourth-order valence-electron chi connectivity index (χ4n) is 1.49. The first-order valence-corrected chi connectivity index (χ1v) is 5.51. The van der Waals surface area contributed by atoms with Gasteiger partial charge in [-0.1, -0.05) is 30.3 Å². The van der Waals surface area contributed by atoms with Crippen molar-refractivity contribution in [2.45, 2.75) is 13.0 Å². The average Bonchev–Trinajstić information content (AvgIpc) is 2.34. The van der Waals surface area contributed by atoms with Crippen molar-refractivity contribution in [3.05, 3.63) is 48.0 Å². The summed E-state index contributed by atoms with van der Waals surface area (Å²) in [6.07, 6.45) is 0.905. The number of nitrogens with one attached hydrogen (secondary N) is 2. The summed E-state index contributed by atoms with van der Waals surface area (Å²) in [7, 11) is 0. The minimum Gasteiger partial charge on any atom is -0.387 e. The third-order valence-electron chi connectivity index (χ3n) is 2.41. The largest absolute Gasteiger partial charge is 0.387 e. The number of aryl methyl sites for hydroxylation is 1. The summed E-state index contributed by atoms with van der Waals surface area (Å²) < 4.78 is 0. The molecule has 0 saturated heterocycles. The number of benzene rings is 1. The van der Waals surface area contributed by atoms with Crippen LogP contribution in [-0.4, -0.2) is 24.2 Å². The normalized spacial score (nSPS) is 11.6. The van der Waals surface area contributed by atoms with E-state index in [9.17, 15) is 9.90 Å². The third-order valence-corrected chi connectivity index (χ3v) is 2.41. The second-order valence-corrected chi connectivity index (χ2v) is 3.75. The van der Waals surface area contributed by atoms with Gasteiger partial charge in [0.05, 0.1) is 6.10 Å². The Bertz CT molecular complexity index is 391. The molecule has 0 fully saturated rings. The Hall–Kier alpha value is -1.81. The quantitative estimate of drug-likeness (QED) is 0.676. The monoisotopic (exact) mass is 234 g/mol. The number of hydrogen-bond donors (Lipinski definition) is 3. The first-order valence-electron chi connectivity index (χ1n) is 5.51. The van der Waals surface area contributed by atoms with Crippen LogP contribution in [0.5, 0.6) is 0 Å². The van der Waals surface area contributed by atoms with E-state index >= 15 is 0 Å². The molecule has 0 aliphatic carbocycles. The predicted molar refractivity (Wildman–Crippen MR) is 67.7 cm³/mol. The molecule has 1 atom stereocenters. The summed E-state index contributed by atoms with van der Waals surface area (Å²) >= 11 is 0. The van der Waals surface area contributed by atoms with E-state index in [1.807, 2.05) is 31.2 Å². The molecule has 0 bridgehead atoms. The van der Waals surface area contributed by atoms with Crippen LogP contribution in [-0.2, 0) is 0 Å². The fourth-order valence-corrected chi connectivity index (χ4v) is 1.49. The van der Waals surface area contributed by atoms with Gasteiger partial charge < -0.3 is 15.7 Å². The Morgan fingerprint density at radius 1 is 1.47 bits per heavy atom. The summed E-state index contributed by atoms with van der Waals surface area (Å²) in [4.78, 5) is 11.2. The number of urea groups is 1. The molecule has 1 aromatic rings. The second kappa shape index (κ2) is 6.70. The van der Waals surface area contributed by atoms with Crippen molar-refractivity contribution in [3.8, 4) is 0 Å². The highest BCUT2D eigenvalue weighted by atomic mass is 16.3. The van der Waals surface area contributed by atoms with Gasteiger partial charge in [0.15, 0.2) is 0 Å². The Balaban J connectivity index is 2.45. The minimum atomic E-state index is -0.689. The Morgan fingerprint density at radius 2 is 2.18 bits per heavy atom. The van der Waals surface area contributed by atoms with Crippen LogP contribution in [0.4, 0.5) is 4.79 Å². The predicted octanol–water partition coefficient (Wildman–Crippen LogP) is 1.51. The summed E-state index contributed by atoms with van der Waals surface area (Å²) in [6.45, 7) is 6.02. The second-order valence-electron chi connectivity index (χ2n) is 3.75. The van der Waals surface area contributed by atoms with Gasteiger partial charge in [0, 0.05) is 13.1 Å². The van der Waals surface area contributed by atoms with E-state index in [2.05, 4.69) is 17.2 Å². The molecule has 0 heterocycles. The van der Waals surface area contributed by atoms with E-state index in [-0.39, 0.29) is 12.6 Å². The van der Waals surface area contributed by atoms with Crippen LogP contribution in [0.15, 0.2) is 36.9 Å². The van der Waals surface area contributed by atoms with E-state index in [4.69, 9.17) is 0 Å². The third kappa shape index (κ3) is 4.28. The van der Waals surface area contributed by atoms with Gasteiger partial charge in [0.25, 0.3) is 0 Å². The molecule has 0 aliphatic heterocycles. The molecule has 1 aromatic carbocycles. The Kier molecular flexibility index (Phi) is 5.23. The molecule has 3 N–H and O–H groups in total. The highest BCUT2D eigenvalue weighted by Gasteiger charge is 2.10. The summed E-state index contributed by atoms with van der Waals surface area (Å²) in [5.74, 6) is 0. The summed E-state index contributed by atoms with van der Waals surface area (Å²) in [5, 5.41) is 15.1. The molecule has 0 radical (unpaired) electrons. The number of carbonyl (C=O) groups is 1. The van der Waals surface area contributed by atoms with Crippen LogP contribution >= 0.6 is 0 Å². The number of aliphatic hydroxyl groups excluding tert-OH is 1. The SMILES string of the molecule is C=CCNC(=O)NCC(O)c1ccccc1C. The van der Waals surface area contributed by atoms with E-state index in [1.165, 1.54) is 0 Å². The maximum absolute atomic E-state index is 11.2. The molecule has 0 aromatic heterocycles. The zero-order valence-corrected chi connectivity index (χ0v) is 9.94. The van der Waals surface area contributed by atoms with Crippen molar-refractivity contribution in [3.63, 3.8) is 0 Å². The van der Waals surface area contributed by atoms with Crippen molar-refractivity contribution in [2.24, 2.45) is 0 Å². The van der Waals surface area contributed by atoms with Gasteiger partial charge >= 0.3 is 6.03 Å².